The minimum atomic E-state index is -0.585. The minimum absolute atomic E-state index is 0.201. The van der Waals surface area contributed by atoms with E-state index in [9.17, 15) is 4.79 Å². The van der Waals surface area contributed by atoms with Crippen LogP contribution in [0, 0.1) is 6.92 Å². The second-order valence-electron chi connectivity index (χ2n) is 5.10. The summed E-state index contributed by atoms with van der Waals surface area (Å²) in [4.78, 5) is 11.9. The Bertz CT molecular complexity index is 522. The molecule has 0 amide bonds. The number of rotatable bonds is 7. The Labute approximate surface area is 126 Å². The van der Waals surface area contributed by atoms with E-state index >= 15 is 0 Å². The van der Waals surface area contributed by atoms with Crippen molar-refractivity contribution in [3.8, 4) is 11.5 Å². The summed E-state index contributed by atoms with van der Waals surface area (Å²) in [5.41, 5.74) is 1.25. The number of methoxy groups -OCH3 is 2. The molecule has 1 aromatic carbocycles. The Hall–Kier alpha value is -1.97. The SMILES string of the molecule is C=CC(C)(CC(=O)OCC)c1ccc(C)c(OC)c1OC. The van der Waals surface area contributed by atoms with Crippen molar-refractivity contribution in [1.29, 1.82) is 0 Å². The van der Waals surface area contributed by atoms with Crippen LogP contribution in [-0.4, -0.2) is 26.8 Å². The fourth-order valence-corrected chi connectivity index (χ4v) is 2.36. The van der Waals surface area contributed by atoms with Crippen molar-refractivity contribution in [2.45, 2.75) is 32.6 Å². The first-order valence-electron chi connectivity index (χ1n) is 6.94. The molecule has 0 aromatic heterocycles. The van der Waals surface area contributed by atoms with Crippen molar-refractivity contribution >= 4 is 5.97 Å². The quantitative estimate of drug-likeness (QED) is 0.570. The average molecular weight is 292 g/mol. The molecule has 1 unspecified atom stereocenters. The summed E-state index contributed by atoms with van der Waals surface area (Å²) in [6.45, 7) is 9.90. The monoisotopic (exact) mass is 292 g/mol. The summed E-state index contributed by atoms with van der Waals surface area (Å²) in [6, 6.07) is 3.89. The molecule has 21 heavy (non-hydrogen) atoms. The first kappa shape index (κ1) is 17.1. The van der Waals surface area contributed by atoms with E-state index in [0.29, 0.717) is 18.1 Å². The van der Waals surface area contributed by atoms with Gasteiger partial charge in [0.2, 0.25) is 0 Å². The van der Waals surface area contributed by atoms with Crippen LogP contribution in [0.2, 0.25) is 0 Å². The van der Waals surface area contributed by atoms with Gasteiger partial charge in [-0.1, -0.05) is 25.1 Å². The number of aryl methyl sites for hydroxylation is 1. The number of ether oxygens (including phenoxy) is 3. The standard InChI is InChI=1S/C17H24O4/c1-7-17(4,11-14(18)21-8-2)13-10-9-12(3)15(19-5)16(13)20-6/h7,9-10H,1,8,11H2,2-6H3. The number of carbonyl (C=O) groups excluding carboxylic acids is 1. The number of allylic oxidation sites excluding steroid dienone is 1. The van der Waals surface area contributed by atoms with Gasteiger partial charge in [0.25, 0.3) is 0 Å². The summed E-state index contributed by atoms with van der Waals surface area (Å²) < 4.78 is 16.0. The highest BCUT2D eigenvalue weighted by Gasteiger charge is 2.32. The van der Waals surface area contributed by atoms with Crippen LogP contribution in [0.1, 0.15) is 31.4 Å². The number of esters is 1. The molecule has 116 valence electrons. The molecule has 4 heteroatoms. The summed E-state index contributed by atoms with van der Waals surface area (Å²) >= 11 is 0. The Morgan fingerprint density at radius 1 is 1.29 bits per heavy atom. The van der Waals surface area contributed by atoms with Gasteiger partial charge in [-0.05, 0) is 19.4 Å². The van der Waals surface area contributed by atoms with Gasteiger partial charge in [-0.15, -0.1) is 6.58 Å². The van der Waals surface area contributed by atoms with Crippen LogP contribution in [0.15, 0.2) is 24.8 Å². The molecule has 0 spiro atoms. The lowest BCUT2D eigenvalue weighted by Gasteiger charge is -2.28. The van der Waals surface area contributed by atoms with Gasteiger partial charge >= 0.3 is 5.97 Å². The zero-order valence-electron chi connectivity index (χ0n) is 13.5. The molecule has 1 atom stereocenters. The van der Waals surface area contributed by atoms with Gasteiger partial charge < -0.3 is 14.2 Å². The fraction of sp³-hybridized carbons (Fsp3) is 0.471. The zero-order valence-corrected chi connectivity index (χ0v) is 13.5. The number of hydrogen-bond acceptors (Lipinski definition) is 4. The Balaban J connectivity index is 3.33. The molecular weight excluding hydrogens is 268 g/mol. The second kappa shape index (κ2) is 7.16. The first-order valence-corrected chi connectivity index (χ1v) is 6.94. The highest BCUT2D eigenvalue weighted by atomic mass is 16.5. The molecule has 0 saturated heterocycles. The third-order valence-electron chi connectivity index (χ3n) is 3.60. The lowest BCUT2D eigenvalue weighted by molar-refractivity contribution is -0.144. The molecule has 0 bridgehead atoms. The number of benzene rings is 1. The van der Waals surface area contributed by atoms with E-state index in [1.807, 2.05) is 26.0 Å². The van der Waals surface area contributed by atoms with E-state index in [-0.39, 0.29) is 12.4 Å². The summed E-state index contributed by atoms with van der Waals surface area (Å²) in [6.07, 6.45) is 1.95. The van der Waals surface area contributed by atoms with Crippen molar-refractivity contribution in [3.05, 3.63) is 35.9 Å². The van der Waals surface area contributed by atoms with Gasteiger partial charge in [-0.3, -0.25) is 4.79 Å². The summed E-state index contributed by atoms with van der Waals surface area (Å²) in [5, 5.41) is 0. The van der Waals surface area contributed by atoms with Crippen LogP contribution in [-0.2, 0) is 14.9 Å². The highest BCUT2D eigenvalue weighted by molar-refractivity contribution is 5.73. The van der Waals surface area contributed by atoms with E-state index < -0.39 is 5.41 Å². The number of hydrogen-bond donors (Lipinski definition) is 0. The molecule has 0 heterocycles. The molecule has 0 fully saturated rings. The third kappa shape index (κ3) is 3.57. The van der Waals surface area contributed by atoms with Crippen molar-refractivity contribution in [3.63, 3.8) is 0 Å². The summed E-state index contributed by atoms with van der Waals surface area (Å²) in [7, 11) is 3.19. The van der Waals surface area contributed by atoms with Gasteiger partial charge in [-0.2, -0.15) is 0 Å². The topological polar surface area (TPSA) is 44.8 Å². The zero-order chi connectivity index (χ0) is 16.0. The lowest BCUT2D eigenvalue weighted by atomic mass is 9.78. The fourth-order valence-electron chi connectivity index (χ4n) is 2.36. The Morgan fingerprint density at radius 3 is 2.38 bits per heavy atom. The molecule has 1 rings (SSSR count). The molecular formula is C17H24O4. The smallest absolute Gasteiger partial charge is 0.306 e. The Kier molecular flexibility index (Phi) is 5.82. The molecule has 4 nitrogen and oxygen atoms in total. The molecule has 1 aromatic rings. The molecule has 0 radical (unpaired) electrons. The van der Waals surface area contributed by atoms with E-state index in [1.165, 1.54) is 0 Å². The molecule has 0 aliphatic rings. The maximum absolute atomic E-state index is 11.9. The molecule has 0 saturated carbocycles. The van der Waals surface area contributed by atoms with Crippen LogP contribution in [0.3, 0.4) is 0 Å². The van der Waals surface area contributed by atoms with Gasteiger partial charge in [0, 0.05) is 11.0 Å². The minimum Gasteiger partial charge on any atom is -0.493 e. The van der Waals surface area contributed by atoms with Crippen LogP contribution in [0.5, 0.6) is 11.5 Å². The maximum atomic E-state index is 11.9. The van der Waals surface area contributed by atoms with E-state index in [0.717, 1.165) is 11.1 Å². The van der Waals surface area contributed by atoms with Crippen LogP contribution < -0.4 is 9.47 Å². The lowest BCUT2D eigenvalue weighted by Crippen LogP contribution is -2.25. The second-order valence-corrected chi connectivity index (χ2v) is 5.10. The number of carbonyl (C=O) groups is 1. The molecule has 0 aliphatic heterocycles. The predicted molar refractivity (Wildman–Crippen MR) is 83.1 cm³/mol. The van der Waals surface area contributed by atoms with Crippen molar-refractivity contribution in [2.75, 3.05) is 20.8 Å². The highest BCUT2D eigenvalue weighted by Crippen LogP contribution is 2.42. The van der Waals surface area contributed by atoms with Crippen molar-refractivity contribution in [2.24, 2.45) is 0 Å². The molecule has 0 aliphatic carbocycles. The van der Waals surface area contributed by atoms with Gasteiger partial charge in [-0.25, -0.2) is 0 Å². The van der Waals surface area contributed by atoms with Crippen LogP contribution in [0.25, 0.3) is 0 Å². The van der Waals surface area contributed by atoms with Crippen molar-refractivity contribution in [1.82, 2.24) is 0 Å². The van der Waals surface area contributed by atoms with E-state index in [1.54, 1.807) is 27.2 Å². The Morgan fingerprint density at radius 2 is 1.90 bits per heavy atom. The maximum Gasteiger partial charge on any atom is 0.306 e. The van der Waals surface area contributed by atoms with Gasteiger partial charge in [0.1, 0.15) is 0 Å². The van der Waals surface area contributed by atoms with Gasteiger partial charge in [0.05, 0.1) is 27.2 Å². The van der Waals surface area contributed by atoms with E-state index in [4.69, 9.17) is 14.2 Å². The third-order valence-corrected chi connectivity index (χ3v) is 3.60. The van der Waals surface area contributed by atoms with Gasteiger partial charge in [0.15, 0.2) is 11.5 Å². The average Bonchev–Trinajstić information content (AvgIpc) is 2.46. The predicted octanol–water partition coefficient (Wildman–Crippen LogP) is 3.41. The largest absolute Gasteiger partial charge is 0.493 e. The van der Waals surface area contributed by atoms with Crippen LogP contribution >= 0.6 is 0 Å². The summed E-state index contributed by atoms with van der Waals surface area (Å²) in [5.74, 6) is 1.04. The molecule has 0 N–H and O–H groups in total. The van der Waals surface area contributed by atoms with Crippen LogP contribution in [0.4, 0.5) is 0 Å². The van der Waals surface area contributed by atoms with E-state index in [2.05, 4.69) is 6.58 Å². The van der Waals surface area contributed by atoms with Crippen molar-refractivity contribution < 1.29 is 19.0 Å². The first-order chi connectivity index (χ1) is 9.93. The normalized spacial score (nSPS) is 13.2.